The van der Waals surface area contributed by atoms with Gasteiger partial charge in [-0.1, -0.05) is 12.1 Å². The van der Waals surface area contributed by atoms with Crippen LogP contribution in [0.3, 0.4) is 0 Å². The van der Waals surface area contributed by atoms with Crippen molar-refractivity contribution in [1.29, 1.82) is 0 Å². The number of hydrogen-bond donors (Lipinski definition) is 2. The van der Waals surface area contributed by atoms with Crippen molar-refractivity contribution in [2.75, 3.05) is 28.3 Å². The van der Waals surface area contributed by atoms with Crippen LogP contribution in [0.4, 0.5) is 25.2 Å². The molecule has 0 atom stereocenters. The Balaban J connectivity index is 0.000000399. The van der Waals surface area contributed by atoms with E-state index >= 15 is 0 Å². The number of methoxy groups -OCH3 is 1. The minimum Gasteiger partial charge on any atom is -0.278 e. The van der Waals surface area contributed by atoms with Gasteiger partial charge in [-0.25, -0.2) is 9.89 Å². The Hall–Kier alpha value is -2.40. The molecule has 0 aromatic heterocycles. The Bertz CT molecular complexity index is 695. The van der Waals surface area contributed by atoms with Crippen LogP contribution in [-0.2, 0) is 4.74 Å². The maximum Gasteiger partial charge on any atom is 0.285 e. The molecule has 0 aliphatic carbocycles. The fourth-order valence-electron chi connectivity index (χ4n) is 1.68. The third-order valence-corrected chi connectivity index (χ3v) is 2.59. The number of carbonyl (C=O) groups is 2. The molecule has 1 aliphatic heterocycles. The number of benzene rings is 1. The maximum absolute atomic E-state index is 11.1. The molecule has 2 amide bonds. The molecule has 1 aliphatic rings. The number of ether oxygens (including phenoxy) is 1. The molecule has 1 aromatic rings. The molecule has 2 rings (SSSR count). The standard InChI is InChI=1S/C8H5NO3.C5H12N2O.F6P/c10-7-5-3-1-2-4-6(5)8(11)9(7)12;1-6-5(8-4)7(2)3;1-7(2,3,4,5)6/h1-4,12H;1-4H3;/q;;-1/p+1. The molecule has 7 nitrogen and oxygen atoms in total. The summed E-state index contributed by atoms with van der Waals surface area (Å²) in [6.45, 7) is 0. The van der Waals surface area contributed by atoms with E-state index in [9.17, 15) is 34.8 Å². The molecule has 156 valence electrons. The number of amides is 2. The van der Waals surface area contributed by atoms with Crippen LogP contribution in [0.25, 0.3) is 0 Å². The van der Waals surface area contributed by atoms with Crippen LogP contribution in [0.15, 0.2) is 24.3 Å². The third kappa shape index (κ3) is 10.4. The zero-order chi connectivity index (χ0) is 21.7. The molecule has 2 N–H and O–H groups in total. The Morgan fingerprint density at radius 2 is 1.37 bits per heavy atom. The number of fused-ring (bicyclic) bond motifs is 1. The predicted octanol–water partition coefficient (Wildman–Crippen LogP) is 3.53. The summed E-state index contributed by atoms with van der Waals surface area (Å²) in [4.78, 5) is 22.1. The van der Waals surface area contributed by atoms with Crippen molar-refractivity contribution in [3.05, 3.63) is 35.4 Å². The fourth-order valence-corrected chi connectivity index (χ4v) is 1.68. The second kappa shape index (κ2) is 7.69. The molecule has 27 heavy (non-hydrogen) atoms. The van der Waals surface area contributed by atoms with Crippen LogP contribution >= 0.6 is 7.81 Å². The number of rotatable bonds is 0. The van der Waals surface area contributed by atoms with Gasteiger partial charge in [-0.15, -0.1) is 5.06 Å². The quantitative estimate of drug-likeness (QED) is 0.126. The summed E-state index contributed by atoms with van der Waals surface area (Å²) >= 11 is 0. The molecule has 0 bridgehead atoms. The van der Waals surface area contributed by atoms with Gasteiger partial charge >= 0.3 is 39.0 Å². The van der Waals surface area contributed by atoms with Crippen molar-refractivity contribution in [3.63, 3.8) is 0 Å². The Morgan fingerprint density at radius 3 is 1.56 bits per heavy atom. The Labute approximate surface area is 150 Å². The number of halogens is 6. The molecule has 14 heteroatoms. The van der Waals surface area contributed by atoms with Gasteiger partial charge in [0, 0.05) is 0 Å². The van der Waals surface area contributed by atoms with E-state index in [1.807, 2.05) is 25.7 Å². The van der Waals surface area contributed by atoms with Crippen LogP contribution in [0.2, 0.25) is 0 Å². The van der Waals surface area contributed by atoms with E-state index in [1.54, 1.807) is 19.2 Å². The summed E-state index contributed by atoms with van der Waals surface area (Å²) in [5.74, 6) is -1.31. The van der Waals surface area contributed by atoms with Gasteiger partial charge in [0.15, 0.2) is 0 Å². The first kappa shape index (κ1) is 24.6. The number of hydroxylamine groups is 2. The number of amidine groups is 1. The SMILES string of the molecule is CNC(OC)=[N+](C)C.F[P-](F)(F)(F)(F)F.O=C1c2ccccc2C(=O)N1O. The first-order chi connectivity index (χ1) is 11.9. The minimum absolute atomic E-state index is 0.130. The van der Waals surface area contributed by atoms with Crippen molar-refractivity contribution in [3.8, 4) is 0 Å². The monoisotopic (exact) mass is 425 g/mol. The number of imide groups is 1. The van der Waals surface area contributed by atoms with E-state index < -0.39 is 19.6 Å². The number of nitrogens with zero attached hydrogens (tertiary/aromatic N) is 2. The van der Waals surface area contributed by atoms with Gasteiger partial charge in [-0.05, 0) is 12.1 Å². The second-order valence-electron chi connectivity index (χ2n) is 5.08. The molecule has 0 saturated heterocycles. The van der Waals surface area contributed by atoms with Crippen molar-refractivity contribution < 1.29 is 49.3 Å². The number of carbonyl (C=O) groups excluding carboxylic acids is 2. The average Bonchev–Trinajstić information content (AvgIpc) is 2.71. The summed E-state index contributed by atoms with van der Waals surface area (Å²) in [6, 6.07) is 7.06. The topological polar surface area (TPSA) is 81.9 Å². The second-order valence-corrected chi connectivity index (χ2v) is 7.00. The Kier molecular flexibility index (Phi) is 7.00. The van der Waals surface area contributed by atoms with Crippen molar-refractivity contribution in [2.24, 2.45) is 0 Å². The van der Waals surface area contributed by atoms with Gasteiger partial charge in [-0.2, -0.15) is 0 Å². The van der Waals surface area contributed by atoms with Crippen molar-refractivity contribution in [1.82, 2.24) is 10.4 Å². The molecule has 0 saturated carbocycles. The molecule has 0 fully saturated rings. The van der Waals surface area contributed by atoms with E-state index in [1.165, 1.54) is 12.1 Å². The summed E-state index contributed by atoms with van der Waals surface area (Å²) < 4.78 is 65.9. The number of hydrogen-bond acceptors (Lipinski definition) is 4. The summed E-state index contributed by atoms with van der Waals surface area (Å²) in [7, 11) is -3.38. The van der Waals surface area contributed by atoms with E-state index in [-0.39, 0.29) is 16.2 Å². The zero-order valence-corrected chi connectivity index (χ0v) is 15.5. The molecular formula is C13H18F6N3O4P. The summed E-state index contributed by atoms with van der Waals surface area (Å²) in [5, 5.41) is 11.9. The third-order valence-electron chi connectivity index (χ3n) is 2.59. The van der Waals surface area contributed by atoms with Crippen molar-refractivity contribution in [2.45, 2.75) is 0 Å². The van der Waals surface area contributed by atoms with Gasteiger partial charge < -0.3 is 4.74 Å². The predicted molar refractivity (Wildman–Crippen MR) is 85.5 cm³/mol. The molecule has 1 aromatic carbocycles. The normalized spacial score (nSPS) is 15.1. The number of nitrogens with one attached hydrogen (secondary N) is 1. The van der Waals surface area contributed by atoms with Gasteiger partial charge in [0.1, 0.15) is 0 Å². The van der Waals surface area contributed by atoms with Crippen LogP contribution in [0.5, 0.6) is 0 Å². The molecular weight excluding hydrogens is 407 g/mol. The van der Waals surface area contributed by atoms with Gasteiger partial charge in [-0.3, -0.25) is 14.8 Å². The van der Waals surface area contributed by atoms with E-state index in [0.29, 0.717) is 0 Å². The summed E-state index contributed by atoms with van der Waals surface area (Å²) in [6.07, 6.45) is 0. The van der Waals surface area contributed by atoms with E-state index in [4.69, 9.17) is 9.94 Å². The first-order valence-corrected chi connectivity index (χ1v) is 8.91. The zero-order valence-electron chi connectivity index (χ0n) is 14.6. The smallest absolute Gasteiger partial charge is 0.278 e. The van der Waals surface area contributed by atoms with Gasteiger partial charge in [0.25, 0.3) is 11.8 Å². The molecule has 0 radical (unpaired) electrons. The largest absolute Gasteiger partial charge is 0.285 e. The van der Waals surface area contributed by atoms with Crippen LogP contribution in [0, 0.1) is 0 Å². The van der Waals surface area contributed by atoms with Gasteiger partial charge in [0.05, 0.1) is 39.4 Å². The first-order valence-electron chi connectivity index (χ1n) is 6.88. The van der Waals surface area contributed by atoms with Gasteiger partial charge in [0.2, 0.25) is 0 Å². The Morgan fingerprint density at radius 1 is 1.04 bits per heavy atom. The fraction of sp³-hybridized carbons (Fsp3) is 0.308. The summed E-state index contributed by atoms with van der Waals surface area (Å²) in [5.41, 5.74) is 0.509. The molecule has 0 spiro atoms. The maximum atomic E-state index is 11.1. The van der Waals surface area contributed by atoms with Crippen LogP contribution in [-0.4, -0.2) is 60.9 Å². The molecule has 1 heterocycles. The van der Waals surface area contributed by atoms with Crippen molar-refractivity contribution >= 4 is 25.6 Å². The average molecular weight is 425 g/mol. The van der Waals surface area contributed by atoms with Crippen LogP contribution < -0.4 is 5.32 Å². The minimum atomic E-state index is -10.7. The van der Waals surface area contributed by atoms with Crippen LogP contribution in [0.1, 0.15) is 20.7 Å². The van der Waals surface area contributed by atoms with E-state index in [2.05, 4.69) is 5.32 Å². The molecule has 0 unspecified atom stereocenters. The van der Waals surface area contributed by atoms with E-state index in [0.717, 1.165) is 6.02 Å².